The summed E-state index contributed by atoms with van der Waals surface area (Å²) in [6.45, 7) is 26.7. The number of hydrogen-bond acceptors (Lipinski definition) is 21. The van der Waals surface area contributed by atoms with Gasteiger partial charge in [-0.2, -0.15) is 26.3 Å². The summed E-state index contributed by atoms with van der Waals surface area (Å²) in [5, 5.41) is 8.43. The molecule has 36 heteroatoms. The molecule has 4 fully saturated rings. The number of aldehydes is 1. The van der Waals surface area contributed by atoms with Crippen LogP contribution >= 0.6 is 47.8 Å². The lowest BCUT2D eigenvalue weighted by Crippen LogP contribution is -2.22. The van der Waals surface area contributed by atoms with Gasteiger partial charge in [-0.25, -0.2) is 25.3 Å². The number of nitrogen functional groups attached to an aromatic ring is 3. The van der Waals surface area contributed by atoms with Crippen molar-refractivity contribution < 1.29 is 109 Å². The highest BCUT2D eigenvalue weighted by Gasteiger charge is 2.37. The lowest BCUT2D eigenvalue weighted by molar-refractivity contribution is -0.137. The van der Waals surface area contributed by atoms with Crippen LogP contribution in [0.1, 0.15) is 181 Å². The minimum absolute atomic E-state index is 0.0125. The Bertz CT molecular complexity index is 6740. The van der Waals surface area contributed by atoms with Crippen molar-refractivity contribution in [3.05, 3.63) is 310 Å². The van der Waals surface area contributed by atoms with Gasteiger partial charge in [-0.05, 0) is 294 Å². The Morgan fingerprint density at radius 2 is 0.655 bits per heavy atom. The third-order valence-electron chi connectivity index (χ3n) is 23.0. The lowest BCUT2D eigenvalue weighted by atomic mass is 9.92. The SMILES string of the molecule is Cc1cc(C(=O)Nc2ccc(-c3ccccc3C(F)(F)F)c(CCC3OCCO3)c2)ccc1S(=O)(=O)CC(C)(C)C.Cc1cc(C(=O)Nc2ccc(-c3ccccc3C(F)(F)F)c(CCC=O)c2)ccc1S(=O)(=O)CC(C)(C)C.Cc1cc(C(=O)Nc2ccc(Br)c(CCC3OCCO3)c2)ccc1S(=O)(=O)CC(C)(C)C.Nc1ccc(Br)c(CCC2OCCO2)c1.Nc1cccc(Br)c1.Nc1cccc(CCC2OCCO2)c1. The molecule has 4 saturated heterocycles. The van der Waals surface area contributed by atoms with E-state index in [2.05, 4.69) is 69.8 Å². The fraction of sp³-hybridized carbons (Fsp3) is 0.375. The van der Waals surface area contributed by atoms with Crippen LogP contribution in [0.3, 0.4) is 0 Å². The van der Waals surface area contributed by atoms with Gasteiger partial charge in [0.1, 0.15) is 6.29 Å². The van der Waals surface area contributed by atoms with Crippen LogP contribution in [-0.2, 0) is 117 Å². The summed E-state index contributed by atoms with van der Waals surface area (Å²) in [4.78, 5) is 50.5. The molecule has 9 N–H and O–H groups in total. The second kappa shape index (κ2) is 53.9. The summed E-state index contributed by atoms with van der Waals surface area (Å²) in [5.41, 5.74) is 25.6. The van der Waals surface area contributed by atoms with Crippen LogP contribution in [-0.4, -0.2) is 145 Å². The van der Waals surface area contributed by atoms with Crippen molar-refractivity contribution in [2.24, 2.45) is 16.2 Å². The lowest BCUT2D eigenvalue weighted by Gasteiger charge is -2.19. The molecule has 0 unspecified atom stereocenters. The highest BCUT2D eigenvalue weighted by Crippen LogP contribution is 2.43. The first-order valence-corrected chi connectivity index (χ1v) is 55.5. The molecule has 4 aliphatic heterocycles. The minimum Gasteiger partial charge on any atom is -0.399 e. The van der Waals surface area contributed by atoms with Crippen molar-refractivity contribution >= 4 is 135 Å². The molecule has 0 aliphatic carbocycles. The summed E-state index contributed by atoms with van der Waals surface area (Å²) < 4.78 is 206. The molecule has 24 nitrogen and oxygen atoms in total. The number of halogens is 9. The molecule has 148 heavy (non-hydrogen) atoms. The monoisotopic (exact) mass is 2290 g/mol. The Balaban J connectivity index is 0.000000194. The third-order valence-corrected chi connectivity index (χ3v) is 32.2. The van der Waals surface area contributed by atoms with Crippen molar-refractivity contribution in [2.45, 2.75) is 199 Å². The maximum Gasteiger partial charge on any atom is 0.417 e. The summed E-state index contributed by atoms with van der Waals surface area (Å²) in [6, 6.07) is 60.4. The Morgan fingerprint density at radius 3 is 0.986 bits per heavy atom. The van der Waals surface area contributed by atoms with E-state index in [0.29, 0.717) is 120 Å². The van der Waals surface area contributed by atoms with Crippen LogP contribution < -0.4 is 33.2 Å². The van der Waals surface area contributed by atoms with E-state index >= 15 is 0 Å². The summed E-state index contributed by atoms with van der Waals surface area (Å²) >= 11 is 10.3. The van der Waals surface area contributed by atoms with Gasteiger partial charge in [0.15, 0.2) is 54.7 Å². The van der Waals surface area contributed by atoms with Gasteiger partial charge in [0.25, 0.3) is 17.7 Å². The van der Waals surface area contributed by atoms with Gasteiger partial charge in [-0.3, -0.25) is 14.4 Å². The highest BCUT2D eigenvalue weighted by atomic mass is 79.9. The van der Waals surface area contributed by atoms with E-state index in [9.17, 15) is 70.8 Å². The van der Waals surface area contributed by atoms with Gasteiger partial charge in [0.2, 0.25) is 0 Å². The first kappa shape index (κ1) is 119. The standard InChI is InChI=1S/C31H34F3NO5S.C29H30F3NO4S.C24H30BrNO5S.C11H14BrNO2.C11H15NO2.C6H6BrN/c1-20-17-22(9-13-27(20)41(37,38)19-30(2,3)4)29(36)35-23-11-12-24(21(18-23)10-14-28-39-15-16-40-28)25-7-5-6-8-26(25)31(32,33)34;1-19-16-21(11-14-26(19)38(36,37)18-28(2,3)4)27(35)33-22-12-13-23(20(17-22)8-7-15-34)24-9-5-6-10-25(24)29(30,31)32;1-16-13-18(5-9-21(16)32(28,29)15-24(2,3)4)23(27)26-19-7-8-20(25)17(14-19)6-10-22-30-11-12-31-22;12-10-3-2-9(13)7-8(10)1-4-11-14-5-6-15-11;12-10-3-1-2-9(8-10)4-5-11-13-6-7-14-11;7-5-2-1-3-6(8)4-5/h5-9,11-13,17-18,28H,10,14-16,19H2,1-4H3,(H,35,36);5-6,9-17H,7-8,18H2,1-4H3,(H,33,35);5,7-9,13-14,22H,6,10-12,15H2,1-4H3,(H,26,27);2-3,7,11H,1,4-6,13H2;1-3,8,11H,4-7,12H2;1-4H,8H2. The molecule has 11 aromatic carbocycles. The number of carbonyl (C=O) groups is 4. The van der Waals surface area contributed by atoms with Crippen molar-refractivity contribution in [1.29, 1.82) is 0 Å². The van der Waals surface area contributed by atoms with Gasteiger partial charge in [0.05, 0.1) is 95.9 Å². The van der Waals surface area contributed by atoms with Crippen molar-refractivity contribution in [3.63, 3.8) is 0 Å². The van der Waals surface area contributed by atoms with E-state index in [1.807, 2.05) is 141 Å². The van der Waals surface area contributed by atoms with E-state index in [0.717, 1.165) is 99.9 Å². The van der Waals surface area contributed by atoms with Gasteiger partial charge in [-0.15, -0.1) is 0 Å². The molecule has 11 aromatic rings. The van der Waals surface area contributed by atoms with Crippen LogP contribution in [0.25, 0.3) is 22.3 Å². The zero-order valence-corrected chi connectivity index (χ0v) is 92.0. The molecule has 4 heterocycles. The number of benzene rings is 11. The van der Waals surface area contributed by atoms with E-state index in [1.165, 1.54) is 96.1 Å². The number of rotatable bonds is 29. The normalized spacial score (nSPS) is 14.4. The molecule has 0 aromatic heterocycles. The van der Waals surface area contributed by atoms with E-state index in [1.54, 1.807) is 63.2 Å². The Kier molecular flexibility index (Phi) is 43.5. The second-order valence-corrected chi connectivity index (χ2v) is 48.1. The van der Waals surface area contributed by atoms with Gasteiger partial charge >= 0.3 is 12.4 Å². The van der Waals surface area contributed by atoms with Crippen LogP contribution in [0, 0.1) is 37.0 Å². The van der Waals surface area contributed by atoms with Gasteiger partial charge in [0, 0.05) is 96.3 Å². The molecule has 4 aliphatic rings. The van der Waals surface area contributed by atoms with Crippen LogP contribution in [0.4, 0.5) is 60.5 Å². The maximum absolute atomic E-state index is 13.8. The molecule has 796 valence electrons. The molecule has 0 spiro atoms. The smallest absolute Gasteiger partial charge is 0.399 e. The number of nitrogens with one attached hydrogen (secondary N) is 3. The third kappa shape index (κ3) is 37.8. The van der Waals surface area contributed by atoms with Gasteiger partial charge in [-0.1, -0.05) is 177 Å². The zero-order chi connectivity index (χ0) is 108. The minimum atomic E-state index is -4.56. The maximum atomic E-state index is 13.8. The second-order valence-electron chi connectivity index (χ2n) is 39.6. The van der Waals surface area contributed by atoms with E-state index < -0.39 is 81.9 Å². The number of nitrogens with two attached hydrogens (primary N) is 3. The zero-order valence-electron chi connectivity index (χ0n) is 84.8. The van der Waals surface area contributed by atoms with Crippen molar-refractivity contribution in [2.75, 3.05) is 103 Å². The average molecular weight is 2300 g/mol. The number of alkyl halides is 6. The number of aryl methyl sites for hydroxylation is 8. The molecular formula is C112H129Br3F6N6O18S3. The average Bonchev–Trinajstić information content (AvgIpc) is 1.58. The topological polar surface area (TPSA) is 359 Å². The van der Waals surface area contributed by atoms with Crippen molar-refractivity contribution in [3.8, 4) is 22.3 Å². The fourth-order valence-electron chi connectivity index (χ4n) is 16.7. The Morgan fingerprint density at radius 1 is 0.345 bits per heavy atom. The number of amides is 3. The van der Waals surface area contributed by atoms with Crippen LogP contribution in [0.15, 0.2) is 253 Å². The molecular weight excluding hydrogens is 2170 g/mol. The largest absolute Gasteiger partial charge is 0.417 e. The number of anilines is 6. The first-order valence-electron chi connectivity index (χ1n) is 48.2. The Hall–Kier alpha value is -10.6. The number of carbonyl (C=O) groups excluding carboxylic acids is 4. The number of hydrogen-bond donors (Lipinski definition) is 6. The predicted octanol–water partition coefficient (Wildman–Crippen LogP) is 25.0. The molecule has 0 atom stereocenters. The number of ether oxygens (including phenoxy) is 8. The van der Waals surface area contributed by atoms with E-state index in [4.69, 9.17) is 55.1 Å². The molecule has 3 amide bonds. The van der Waals surface area contributed by atoms with Crippen LogP contribution in [0.2, 0.25) is 0 Å². The van der Waals surface area contributed by atoms with E-state index in [-0.39, 0.29) is 97.2 Å². The summed E-state index contributed by atoms with van der Waals surface area (Å²) in [5.74, 6) is -1.29. The summed E-state index contributed by atoms with van der Waals surface area (Å²) in [7, 11) is -10.5. The first-order chi connectivity index (χ1) is 69.6. The molecule has 15 rings (SSSR count). The molecule has 0 bridgehead atoms. The van der Waals surface area contributed by atoms with Crippen molar-refractivity contribution in [1.82, 2.24) is 0 Å². The summed E-state index contributed by atoms with van der Waals surface area (Å²) in [6.07, 6.45) is -2.90. The number of sulfone groups is 3. The van der Waals surface area contributed by atoms with Crippen LogP contribution in [0.5, 0.6) is 0 Å². The molecule has 0 radical (unpaired) electrons. The predicted molar refractivity (Wildman–Crippen MR) is 578 cm³/mol. The quantitative estimate of drug-likeness (QED) is 0.0144. The molecule has 0 saturated carbocycles. The van der Waals surface area contributed by atoms with Gasteiger partial charge < -0.3 is 75.8 Å². The Labute approximate surface area is 888 Å². The highest BCUT2D eigenvalue weighted by molar-refractivity contribution is 9.11. The fourth-order valence-corrected chi connectivity index (χ4v) is 24.4.